The maximum Gasteiger partial charge on any atom is 0.0871 e. The van der Waals surface area contributed by atoms with Gasteiger partial charge in [0.05, 0.1) is 11.4 Å². The first-order valence-corrected chi connectivity index (χ1v) is 6.03. The summed E-state index contributed by atoms with van der Waals surface area (Å²) in [5.74, 6) is 0. The zero-order valence-electron chi connectivity index (χ0n) is 9.32. The Balaban J connectivity index is 1.86. The van der Waals surface area contributed by atoms with E-state index < -0.39 is 0 Å². The van der Waals surface area contributed by atoms with E-state index in [0.29, 0.717) is 0 Å². The summed E-state index contributed by atoms with van der Waals surface area (Å²) in [5, 5.41) is 8.52. The van der Waals surface area contributed by atoms with E-state index in [2.05, 4.69) is 26.8 Å². The molecule has 2 aliphatic rings. The molecule has 1 fully saturated rings. The SMILES string of the molecule is CCn1nnc2c1CCC1CCN1CC2. The predicted molar refractivity (Wildman–Crippen MR) is 57.7 cm³/mol. The number of aromatic nitrogens is 3. The molecule has 0 saturated carbocycles. The minimum atomic E-state index is 0.846. The fourth-order valence-electron chi connectivity index (χ4n) is 2.76. The highest BCUT2D eigenvalue weighted by Crippen LogP contribution is 2.25. The minimum absolute atomic E-state index is 0.846. The molecule has 15 heavy (non-hydrogen) atoms. The molecule has 0 aromatic carbocycles. The normalized spacial score (nSPS) is 26.1. The van der Waals surface area contributed by atoms with Gasteiger partial charge in [-0.2, -0.15) is 0 Å². The van der Waals surface area contributed by atoms with E-state index in [1.807, 2.05) is 0 Å². The lowest BCUT2D eigenvalue weighted by atomic mass is 9.93. The monoisotopic (exact) mass is 206 g/mol. The van der Waals surface area contributed by atoms with Gasteiger partial charge >= 0.3 is 0 Å². The molecule has 0 N–H and O–H groups in total. The molecule has 1 saturated heterocycles. The van der Waals surface area contributed by atoms with Crippen molar-refractivity contribution in [1.29, 1.82) is 0 Å². The van der Waals surface area contributed by atoms with Crippen LogP contribution < -0.4 is 0 Å². The lowest BCUT2D eigenvalue weighted by Gasteiger charge is -2.42. The van der Waals surface area contributed by atoms with E-state index in [-0.39, 0.29) is 0 Å². The van der Waals surface area contributed by atoms with Crippen molar-refractivity contribution < 1.29 is 0 Å². The first-order chi connectivity index (χ1) is 7.38. The number of hydrogen-bond acceptors (Lipinski definition) is 3. The Morgan fingerprint density at radius 2 is 2.20 bits per heavy atom. The van der Waals surface area contributed by atoms with Crippen molar-refractivity contribution in [3.63, 3.8) is 0 Å². The Labute approximate surface area is 90.3 Å². The highest BCUT2D eigenvalue weighted by atomic mass is 15.4. The summed E-state index contributed by atoms with van der Waals surface area (Å²) in [6.07, 6.45) is 4.94. The molecule has 1 aromatic rings. The highest BCUT2D eigenvalue weighted by molar-refractivity contribution is 5.13. The summed E-state index contributed by atoms with van der Waals surface area (Å²) < 4.78 is 2.07. The second kappa shape index (κ2) is 3.59. The fourth-order valence-corrected chi connectivity index (χ4v) is 2.76. The minimum Gasteiger partial charge on any atom is -0.300 e. The zero-order chi connectivity index (χ0) is 10.3. The molecular formula is C11H18N4. The first-order valence-electron chi connectivity index (χ1n) is 6.03. The van der Waals surface area contributed by atoms with Crippen molar-refractivity contribution in [2.24, 2.45) is 0 Å². The molecular weight excluding hydrogens is 188 g/mol. The molecule has 0 bridgehead atoms. The standard InChI is InChI=1S/C11H18N4/c1-2-15-11-4-3-9-5-7-14(9)8-6-10(11)12-13-15/h9H,2-8H2,1H3. The average molecular weight is 206 g/mol. The van der Waals surface area contributed by atoms with E-state index >= 15 is 0 Å². The van der Waals surface area contributed by atoms with Crippen LogP contribution in [0.15, 0.2) is 0 Å². The third-order valence-corrected chi connectivity index (χ3v) is 3.83. The summed E-state index contributed by atoms with van der Waals surface area (Å²) >= 11 is 0. The molecule has 1 atom stereocenters. The van der Waals surface area contributed by atoms with Crippen molar-refractivity contribution in [1.82, 2.24) is 19.9 Å². The number of hydrogen-bond donors (Lipinski definition) is 0. The number of nitrogens with zero attached hydrogens (tertiary/aromatic N) is 4. The van der Waals surface area contributed by atoms with Crippen LogP contribution in [0.4, 0.5) is 0 Å². The lowest BCUT2D eigenvalue weighted by Crippen LogP contribution is -2.49. The van der Waals surface area contributed by atoms with Crippen molar-refractivity contribution in [3.8, 4) is 0 Å². The fraction of sp³-hybridized carbons (Fsp3) is 0.818. The van der Waals surface area contributed by atoms with Crippen LogP contribution in [-0.4, -0.2) is 39.0 Å². The number of aryl methyl sites for hydroxylation is 1. The molecule has 4 heteroatoms. The summed E-state index contributed by atoms with van der Waals surface area (Å²) in [4.78, 5) is 2.59. The van der Waals surface area contributed by atoms with Crippen LogP contribution in [0.1, 0.15) is 31.2 Å². The van der Waals surface area contributed by atoms with Crippen LogP contribution in [0.5, 0.6) is 0 Å². The van der Waals surface area contributed by atoms with Gasteiger partial charge in [-0.05, 0) is 32.7 Å². The molecule has 0 radical (unpaired) electrons. The smallest absolute Gasteiger partial charge is 0.0871 e. The van der Waals surface area contributed by atoms with Gasteiger partial charge < -0.3 is 0 Å². The topological polar surface area (TPSA) is 34.0 Å². The summed E-state index contributed by atoms with van der Waals surface area (Å²) in [6.45, 7) is 5.57. The average Bonchev–Trinajstić information content (AvgIpc) is 2.58. The van der Waals surface area contributed by atoms with Crippen molar-refractivity contribution in [2.75, 3.05) is 13.1 Å². The van der Waals surface area contributed by atoms with Crippen molar-refractivity contribution >= 4 is 0 Å². The molecule has 0 spiro atoms. The van der Waals surface area contributed by atoms with Gasteiger partial charge in [-0.1, -0.05) is 5.21 Å². The van der Waals surface area contributed by atoms with Gasteiger partial charge in [-0.25, -0.2) is 4.68 Å². The van der Waals surface area contributed by atoms with Crippen LogP contribution in [0.25, 0.3) is 0 Å². The first kappa shape index (κ1) is 9.33. The molecule has 1 aromatic heterocycles. The van der Waals surface area contributed by atoms with E-state index in [1.165, 1.54) is 37.3 Å². The van der Waals surface area contributed by atoms with E-state index in [0.717, 1.165) is 25.4 Å². The van der Waals surface area contributed by atoms with E-state index in [9.17, 15) is 0 Å². The summed E-state index contributed by atoms with van der Waals surface area (Å²) in [6, 6.07) is 0.846. The molecule has 1 unspecified atom stereocenters. The van der Waals surface area contributed by atoms with Gasteiger partial charge in [-0.15, -0.1) is 5.10 Å². The number of fused-ring (bicyclic) bond motifs is 2. The quantitative estimate of drug-likeness (QED) is 0.683. The van der Waals surface area contributed by atoms with Gasteiger partial charge in [0, 0.05) is 25.6 Å². The van der Waals surface area contributed by atoms with Gasteiger partial charge in [0.1, 0.15) is 0 Å². The number of rotatable bonds is 1. The molecule has 0 aliphatic carbocycles. The Kier molecular flexibility index (Phi) is 2.24. The summed E-state index contributed by atoms with van der Waals surface area (Å²) in [7, 11) is 0. The van der Waals surface area contributed by atoms with Crippen molar-refractivity contribution in [2.45, 2.75) is 45.2 Å². The largest absolute Gasteiger partial charge is 0.300 e. The second-order valence-electron chi connectivity index (χ2n) is 4.57. The molecule has 3 rings (SSSR count). The Morgan fingerprint density at radius 1 is 1.27 bits per heavy atom. The van der Waals surface area contributed by atoms with Gasteiger partial charge in [-0.3, -0.25) is 4.90 Å². The van der Waals surface area contributed by atoms with Crippen LogP contribution in [0.2, 0.25) is 0 Å². The predicted octanol–water partition coefficient (Wildman–Crippen LogP) is 0.861. The van der Waals surface area contributed by atoms with Crippen molar-refractivity contribution in [3.05, 3.63) is 11.4 Å². The van der Waals surface area contributed by atoms with Crippen LogP contribution in [-0.2, 0) is 19.4 Å². The Morgan fingerprint density at radius 3 is 2.93 bits per heavy atom. The molecule has 2 aliphatic heterocycles. The second-order valence-corrected chi connectivity index (χ2v) is 4.57. The zero-order valence-corrected chi connectivity index (χ0v) is 9.32. The van der Waals surface area contributed by atoms with Gasteiger partial charge in [0.15, 0.2) is 0 Å². The Bertz CT molecular complexity index is 357. The molecule has 0 amide bonds. The maximum atomic E-state index is 4.30. The van der Waals surface area contributed by atoms with Crippen LogP contribution >= 0.6 is 0 Å². The van der Waals surface area contributed by atoms with E-state index in [1.54, 1.807) is 0 Å². The summed E-state index contributed by atoms with van der Waals surface area (Å²) in [5.41, 5.74) is 2.63. The van der Waals surface area contributed by atoms with Crippen LogP contribution in [0, 0.1) is 0 Å². The molecule has 82 valence electrons. The third-order valence-electron chi connectivity index (χ3n) is 3.83. The highest BCUT2D eigenvalue weighted by Gasteiger charge is 2.30. The maximum absolute atomic E-state index is 4.30. The third kappa shape index (κ3) is 1.47. The Hall–Kier alpha value is -0.900. The molecule has 3 heterocycles. The lowest BCUT2D eigenvalue weighted by molar-refractivity contribution is 0.0821. The van der Waals surface area contributed by atoms with Gasteiger partial charge in [0.25, 0.3) is 0 Å². The molecule has 4 nitrogen and oxygen atoms in total. The van der Waals surface area contributed by atoms with E-state index in [4.69, 9.17) is 0 Å². The van der Waals surface area contributed by atoms with Gasteiger partial charge in [0.2, 0.25) is 0 Å². The van der Waals surface area contributed by atoms with Crippen LogP contribution in [0.3, 0.4) is 0 Å².